The average molecular weight is 1090 g/mol. The summed E-state index contributed by atoms with van der Waals surface area (Å²) >= 11 is 0. The van der Waals surface area contributed by atoms with Crippen molar-refractivity contribution in [2.24, 2.45) is 0 Å². The monoisotopic (exact) mass is 1080 g/mol. The zero-order valence-electron chi connectivity index (χ0n) is 51.4. The van der Waals surface area contributed by atoms with E-state index in [-0.39, 0.29) is 31.1 Å². The lowest BCUT2D eigenvalue weighted by molar-refractivity contribution is -0.167. The minimum atomic E-state index is -0.792. The highest BCUT2D eigenvalue weighted by molar-refractivity contribution is 5.71. The summed E-state index contributed by atoms with van der Waals surface area (Å²) in [6.45, 7) is 6.52. The summed E-state index contributed by atoms with van der Waals surface area (Å²) in [5.74, 6) is -0.900. The SMILES string of the molecule is CC/C=C\C/C=C\C/C=C\C/C=C\CCCCCCCCCCCCC(=O)OCC(COC(=O)CCCCCCC/C=C\CCCCCCCCC)OC(=O)CCCCCCCC/C=C\C/C=C\C/C=C\CCCCCCC. The van der Waals surface area contributed by atoms with Gasteiger partial charge in [0.05, 0.1) is 0 Å². The molecule has 6 heteroatoms. The third-order valence-electron chi connectivity index (χ3n) is 14.3. The first-order chi connectivity index (χ1) is 38.5. The lowest BCUT2D eigenvalue weighted by Gasteiger charge is -2.18. The summed E-state index contributed by atoms with van der Waals surface area (Å²) in [7, 11) is 0. The molecular weight excluding hydrogens is 961 g/mol. The van der Waals surface area contributed by atoms with Crippen LogP contribution < -0.4 is 0 Å². The molecule has 0 bridgehead atoms. The minimum Gasteiger partial charge on any atom is -0.462 e. The van der Waals surface area contributed by atoms with Gasteiger partial charge in [-0.05, 0) is 122 Å². The normalized spacial score (nSPS) is 12.7. The number of hydrogen-bond acceptors (Lipinski definition) is 6. The van der Waals surface area contributed by atoms with Crippen molar-refractivity contribution in [2.75, 3.05) is 13.2 Å². The summed E-state index contributed by atoms with van der Waals surface area (Å²) in [5, 5.41) is 0. The minimum absolute atomic E-state index is 0.0871. The standard InChI is InChI=1S/C72H124O6/c1-4-7-10-13-16-19-22-25-28-31-33-35-36-38-39-41-44-47-50-53-56-59-62-65-71(74)77-68-69(67-76-70(73)64-61-58-55-52-49-46-43-30-27-24-21-18-15-12-9-6-3)78-72(75)66-63-60-57-54-51-48-45-42-40-37-34-32-29-26-23-20-17-14-11-8-5-2/h7,10,16,19,23,25-26,28,30,32-35,40,42-43,69H,4-6,8-9,11-15,17-18,20-22,24,27,29,31,36-39,41,44-68H2,1-3H3/b10-7-,19-16-,26-23-,28-25-,34-32-,35-33-,42-40-,43-30-. The van der Waals surface area contributed by atoms with E-state index in [1.54, 1.807) is 0 Å². The molecule has 0 aromatic carbocycles. The number of unbranched alkanes of at least 4 members (excludes halogenated alkanes) is 33. The van der Waals surface area contributed by atoms with E-state index in [1.807, 2.05) is 0 Å². The molecule has 0 N–H and O–H groups in total. The fraction of sp³-hybridized carbons (Fsp3) is 0.736. The lowest BCUT2D eigenvalue weighted by Crippen LogP contribution is -2.30. The molecule has 0 aliphatic carbocycles. The van der Waals surface area contributed by atoms with Crippen molar-refractivity contribution in [3.05, 3.63) is 97.2 Å². The Balaban J connectivity index is 4.41. The van der Waals surface area contributed by atoms with Gasteiger partial charge in [0.15, 0.2) is 6.10 Å². The molecule has 0 aliphatic rings. The summed E-state index contributed by atoms with van der Waals surface area (Å²) in [5.41, 5.74) is 0. The van der Waals surface area contributed by atoms with Crippen molar-refractivity contribution in [3.63, 3.8) is 0 Å². The van der Waals surface area contributed by atoms with Crippen molar-refractivity contribution < 1.29 is 28.6 Å². The molecule has 0 saturated heterocycles. The zero-order chi connectivity index (χ0) is 56.4. The Bertz CT molecular complexity index is 1530. The van der Waals surface area contributed by atoms with Gasteiger partial charge in [0.1, 0.15) is 13.2 Å². The van der Waals surface area contributed by atoms with E-state index in [4.69, 9.17) is 14.2 Å². The van der Waals surface area contributed by atoms with Crippen LogP contribution in [-0.2, 0) is 28.6 Å². The predicted molar refractivity (Wildman–Crippen MR) is 339 cm³/mol. The van der Waals surface area contributed by atoms with Crippen LogP contribution in [0.3, 0.4) is 0 Å². The third kappa shape index (κ3) is 63.2. The maximum Gasteiger partial charge on any atom is 0.306 e. The van der Waals surface area contributed by atoms with E-state index in [0.717, 1.165) is 116 Å². The number of allylic oxidation sites excluding steroid dienone is 16. The van der Waals surface area contributed by atoms with Crippen molar-refractivity contribution >= 4 is 17.9 Å². The van der Waals surface area contributed by atoms with E-state index in [2.05, 4.69) is 118 Å². The van der Waals surface area contributed by atoms with Crippen LogP contribution in [0.25, 0.3) is 0 Å². The molecule has 0 saturated carbocycles. The van der Waals surface area contributed by atoms with Crippen molar-refractivity contribution in [1.29, 1.82) is 0 Å². The molecule has 1 unspecified atom stereocenters. The molecule has 1 atom stereocenters. The molecule has 0 aromatic rings. The van der Waals surface area contributed by atoms with Crippen LogP contribution in [0.1, 0.15) is 323 Å². The van der Waals surface area contributed by atoms with Gasteiger partial charge in [0.2, 0.25) is 0 Å². The third-order valence-corrected chi connectivity index (χ3v) is 14.3. The molecule has 0 aromatic heterocycles. The molecular formula is C72H124O6. The van der Waals surface area contributed by atoms with Crippen molar-refractivity contribution in [2.45, 2.75) is 329 Å². The molecule has 0 radical (unpaired) electrons. The van der Waals surface area contributed by atoms with Crippen LogP contribution in [0.4, 0.5) is 0 Å². The van der Waals surface area contributed by atoms with Gasteiger partial charge in [-0.3, -0.25) is 14.4 Å². The number of carbonyl (C=O) groups excluding carboxylic acids is 3. The van der Waals surface area contributed by atoms with E-state index >= 15 is 0 Å². The number of ether oxygens (including phenoxy) is 3. The first-order valence-corrected chi connectivity index (χ1v) is 33.2. The van der Waals surface area contributed by atoms with Crippen LogP contribution in [0.15, 0.2) is 97.2 Å². The van der Waals surface area contributed by atoms with Gasteiger partial charge in [-0.15, -0.1) is 0 Å². The van der Waals surface area contributed by atoms with Gasteiger partial charge >= 0.3 is 17.9 Å². The molecule has 448 valence electrons. The first-order valence-electron chi connectivity index (χ1n) is 33.2. The van der Waals surface area contributed by atoms with Crippen LogP contribution in [0, 0.1) is 0 Å². The Morgan fingerprint density at radius 1 is 0.269 bits per heavy atom. The molecule has 78 heavy (non-hydrogen) atoms. The quantitative estimate of drug-likeness (QED) is 0.0261. The number of esters is 3. The molecule has 0 spiro atoms. The maximum absolute atomic E-state index is 12.9. The summed E-state index contributed by atoms with van der Waals surface area (Å²) in [4.78, 5) is 38.4. The Morgan fingerprint density at radius 2 is 0.500 bits per heavy atom. The van der Waals surface area contributed by atoms with E-state index in [0.29, 0.717) is 19.3 Å². The largest absolute Gasteiger partial charge is 0.462 e. The molecule has 0 fully saturated rings. The maximum atomic E-state index is 12.9. The molecule has 0 amide bonds. The summed E-state index contributed by atoms with van der Waals surface area (Å²) < 4.78 is 16.9. The van der Waals surface area contributed by atoms with Gasteiger partial charge in [-0.25, -0.2) is 0 Å². The van der Waals surface area contributed by atoms with Gasteiger partial charge in [0, 0.05) is 19.3 Å². The van der Waals surface area contributed by atoms with E-state index in [9.17, 15) is 14.4 Å². The molecule has 0 rings (SSSR count). The van der Waals surface area contributed by atoms with Gasteiger partial charge < -0.3 is 14.2 Å². The number of hydrogen-bond donors (Lipinski definition) is 0. The van der Waals surface area contributed by atoms with Crippen LogP contribution in [0.2, 0.25) is 0 Å². The molecule has 0 heterocycles. The van der Waals surface area contributed by atoms with Crippen LogP contribution in [0.5, 0.6) is 0 Å². The average Bonchev–Trinajstić information content (AvgIpc) is 3.44. The molecule has 0 aliphatic heterocycles. The van der Waals surface area contributed by atoms with Crippen LogP contribution in [-0.4, -0.2) is 37.2 Å². The zero-order valence-corrected chi connectivity index (χ0v) is 51.4. The fourth-order valence-electron chi connectivity index (χ4n) is 9.32. The Morgan fingerprint density at radius 3 is 0.795 bits per heavy atom. The van der Waals surface area contributed by atoms with Gasteiger partial charge in [-0.2, -0.15) is 0 Å². The Kier molecular flexibility index (Phi) is 62.7. The highest BCUT2D eigenvalue weighted by Gasteiger charge is 2.19. The molecule has 6 nitrogen and oxygen atoms in total. The fourth-order valence-corrected chi connectivity index (χ4v) is 9.32. The highest BCUT2D eigenvalue weighted by Crippen LogP contribution is 2.16. The Labute approximate surface area is 483 Å². The second-order valence-electron chi connectivity index (χ2n) is 22.0. The van der Waals surface area contributed by atoms with Gasteiger partial charge in [0.25, 0.3) is 0 Å². The van der Waals surface area contributed by atoms with E-state index < -0.39 is 6.10 Å². The topological polar surface area (TPSA) is 78.9 Å². The summed E-state index contributed by atoms with van der Waals surface area (Å²) in [6.07, 6.45) is 88.4. The smallest absolute Gasteiger partial charge is 0.306 e. The second kappa shape index (κ2) is 65.8. The van der Waals surface area contributed by atoms with E-state index in [1.165, 1.54) is 167 Å². The van der Waals surface area contributed by atoms with Crippen LogP contribution >= 0.6 is 0 Å². The lowest BCUT2D eigenvalue weighted by atomic mass is 10.1. The van der Waals surface area contributed by atoms with Gasteiger partial charge in [-0.1, -0.05) is 279 Å². The number of carbonyl (C=O) groups is 3. The predicted octanol–water partition coefficient (Wildman–Crippen LogP) is 22.8. The highest BCUT2D eigenvalue weighted by atomic mass is 16.6. The first kappa shape index (κ1) is 74.3. The van der Waals surface area contributed by atoms with Crippen molar-refractivity contribution in [3.8, 4) is 0 Å². The number of rotatable bonds is 60. The summed E-state index contributed by atoms with van der Waals surface area (Å²) in [6, 6.07) is 0. The Hall–Kier alpha value is -3.67. The second-order valence-corrected chi connectivity index (χ2v) is 22.0. The van der Waals surface area contributed by atoms with Crippen molar-refractivity contribution in [1.82, 2.24) is 0 Å².